The van der Waals surface area contributed by atoms with E-state index in [0.29, 0.717) is 25.9 Å². The number of amides is 1. The maximum absolute atomic E-state index is 12.6. The van der Waals surface area contributed by atoms with E-state index in [1.54, 1.807) is 17.5 Å². The molecule has 1 fully saturated rings. The average molecular weight is 429 g/mol. The number of esters is 1. The number of nitrogens with one attached hydrogen (secondary N) is 1. The quantitative estimate of drug-likeness (QED) is 0.682. The van der Waals surface area contributed by atoms with Crippen molar-refractivity contribution in [1.82, 2.24) is 9.62 Å². The van der Waals surface area contributed by atoms with Gasteiger partial charge < -0.3 is 10.1 Å². The Morgan fingerprint density at radius 2 is 2.00 bits per heavy atom. The van der Waals surface area contributed by atoms with Gasteiger partial charge >= 0.3 is 5.97 Å². The summed E-state index contributed by atoms with van der Waals surface area (Å²) in [4.78, 5) is 25.1. The smallest absolute Gasteiger partial charge is 0.310 e. The molecule has 1 N–H and O–H groups in total. The number of nitrogens with zero attached hydrogens (tertiary/aromatic N) is 1. The zero-order chi connectivity index (χ0) is 19.3. The Hall–Kier alpha value is -1.75. The van der Waals surface area contributed by atoms with Gasteiger partial charge in [0.05, 0.1) is 12.5 Å². The van der Waals surface area contributed by atoms with E-state index in [1.807, 2.05) is 17.5 Å². The summed E-state index contributed by atoms with van der Waals surface area (Å²) in [6.07, 6.45) is 1.13. The summed E-state index contributed by atoms with van der Waals surface area (Å²) in [5.41, 5.74) is 0. The van der Waals surface area contributed by atoms with Crippen LogP contribution >= 0.6 is 22.7 Å². The van der Waals surface area contributed by atoms with Crippen molar-refractivity contribution in [2.75, 3.05) is 19.7 Å². The molecule has 0 spiro atoms. The highest BCUT2D eigenvalue weighted by molar-refractivity contribution is 7.91. The van der Waals surface area contributed by atoms with Crippen LogP contribution in [0.1, 0.15) is 17.7 Å². The van der Waals surface area contributed by atoms with Crippen molar-refractivity contribution >= 4 is 44.6 Å². The fourth-order valence-electron chi connectivity index (χ4n) is 2.80. The molecule has 2 aromatic rings. The summed E-state index contributed by atoms with van der Waals surface area (Å²) in [5, 5.41) is 6.31. The summed E-state index contributed by atoms with van der Waals surface area (Å²) in [7, 11) is -3.58. The van der Waals surface area contributed by atoms with Gasteiger partial charge in [-0.05, 0) is 35.7 Å². The van der Waals surface area contributed by atoms with Gasteiger partial charge in [0.15, 0.2) is 6.61 Å². The van der Waals surface area contributed by atoms with Crippen LogP contribution in [0.4, 0.5) is 0 Å². The molecular formula is C17H20N2O5S3. The second-order valence-electron chi connectivity index (χ2n) is 6.10. The van der Waals surface area contributed by atoms with E-state index in [4.69, 9.17) is 4.74 Å². The second-order valence-corrected chi connectivity index (χ2v) is 10.2. The van der Waals surface area contributed by atoms with E-state index in [9.17, 15) is 18.0 Å². The highest BCUT2D eigenvalue weighted by Crippen LogP contribution is 2.26. The molecule has 0 aliphatic carbocycles. The molecular weight excluding hydrogens is 408 g/mol. The molecule has 0 bridgehead atoms. The Morgan fingerprint density at radius 1 is 1.22 bits per heavy atom. The van der Waals surface area contributed by atoms with Crippen LogP contribution in [0.25, 0.3) is 0 Å². The lowest BCUT2D eigenvalue weighted by Crippen LogP contribution is -2.43. The van der Waals surface area contributed by atoms with Crippen molar-refractivity contribution < 1.29 is 22.7 Å². The predicted octanol–water partition coefficient (Wildman–Crippen LogP) is 2.07. The molecule has 1 aliphatic heterocycles. The Labute approximate surface area is 166 Å². The van der Waals surface area contributed by atoms with Gasteiger partial charge in [-0.25, -0.2) is 8.42 Å². The van der Waals surface area contributed by atoms with Crippen molar-refractivity contribution in [2.45, 2.75) is 23.6 Å². The number of carbonyl (C=O) groups is 2. The summed E-state index contributed by atoms with van der Waals surface area (Å²) >= 11 is 2.68. The topological polar surface area (TPSA) is 92.8 Å². The third kappa shape index (κ3) is 5.16. The lowest BCUT2D eigenvalue weighted by atomic mass is 10.0. The molecule has 0 saturated carbocycles. The largest absolute Gasteiger partial charge is 0.455 e. The molecule has 2 aromatic heterocycles. The van der Waals surface area contributed by atoms with E-state index in [1.165, 1.54) is 15.6 Å². The van der Waals surface area contributed by atoms with Crippen LogP contribution in [0.15, 0.2) is 39.2 Å². The number of hydrogen-bond acceptors (Lipinski definition) is 7. The van der Waals surface area contributed by atoms with Crippen molar-refractivity contribution in [3.8, 4) is 0 Å². The Morgan fingerprint density at radius 3 is 2.70 bits per heavy atom. The van der Waals surface area contributed by atoms with Gasteiger partial charge in [-0.15, -0.1) is 22.7 Å². The predicted molar refractivity (Wildman–Crippen MR) is 103 cm³/mol. The molecule has 10 heteroatoms. The highest BCUT2D eigenvalue weighted by atomic mass is 32.2. The first-order valence-electron chi connectivity index (χ1n) is 8.46. The average Bonchev–Trinajstić information content (AvgIpc) is 3.38. The maximum atomic E-state index is 12.6. The minimum atomic E-state index is -3.58. The van der Waals surface area contributed by atoms with Gasteiger partial charge in [0.2, 0.25) is 0 Å². The van der Waals surface area contributed by atoms with Gasteiger partial charge in [-0.2, -0.15) is 4.31 Å². The van der Waals surface area contributed by atoms with Crippen LogP contribution < -0.4 is 5.32 Å². The van der Waals surface area contributed by atoms with Crippen LogP contribution in [-0.2, 0) is 30.9 Å². The molecule has 27 heavy (non-hydrogen) atoms. The van der Waals surface area contributed by atoms with Gasteiger partial charge in [0, 0.05) is 18.0 Å². The first-order valence-corrected chi connectivity index (χ1v) is 11.7. The van der Waals surface area contributed by atoms with Crippen molar-refractivity contribution in [3.63, 3.8) is 0 Å². The molecule has 1 saturated heterocycles. The van der Waals surface area contributed by atoms with Crippen molar-refractivity contribution in [1.29, 1.82) is 0 Å². The number of piperidine rings is 1. The lowest BCUT2D eigenvalue weighted by Gasteiger charge is -2.30. The molecule has 7 nitrogen and oxygen atoms in total. The van der Waals surface area contributed by atoms with Gasteiger partial charge in [-0.1, -0.05) is 12.1 Å². The fraction of sp³-hybridized carbons (Fsp3) is 0.412. The summed E-state index contributed by atoms with van der Waals surface area (Å²) in [6, 6.07) is 7.04. The number of rotatable bonds is 7. The zero-order valence-electron chi connectivity index (χ0n) is 14.5. The van der Waals surface area contributed by atoms with Crippen LogP contribution in [0, 0.1) is 5.92 Å². The summed E-state index contributed by atoms with van der Waals surface area (Å²) < 4.78 is 31.9. The van der Waals surface area contributed by atoms with Crippen molar-refractivity contribution in [3.05, 3.63) is 39.9 Å². The second kappa shape index (κ2) is 8.96. The van der Waals surface area contributed by atoms with Crippen LogP contribution in [0.2, 0.25) is 0 Å². The summed E-state index contributed by atoms with van der Waals surface area (Å²) in [5.74, 6) is -1.47. The Kier molecular flexibility index (Phi) is 6.64. The van der Waals surface area contributed by atoms with Gasteiger partial charge in [0.1, 0.15) is 4.21 Å². The molecule has 0 radical (unpaired) electrons. The van der Waals surface area contributed by atoms with Crippen molar-refractivity contribution in [2.24, 2.45) is 5.92 Å². The zero-order valence-corrected chi connectivity index (χ0v) is 16.9. The van der Waals surface area contributed by atoms with E-state index < -0.39 is 21.9 Å². The van der Waals surface area contributed by atoms with Gasteiger partial charge in [-0.3, -0.25) is 9.59 Å². The molecule has 3 rings (SSSR count). The van der Waals surface area contributed by atoms with Gasteiger partial charge in [0.25, 0.3) is 15.9 Å². The molecule has 1 unspecified atom stereocenters. The van der Waals surface area contributed by atoms with Crippen LogP contribution in [0.5, 0.6) is 0 Å². The van der Waals surface area contributed by atoms with Crippen LogP contribution in [0.3, 0.4) is 0 Å². The minimum Gasteiger partial charge on any atom is -0.455 e. The maximum Gasteiger partial charge on any atom is 0.310 e. The van der Waals surface area contributed by atoms with E-state index >= 15 is 0 Å². The number of ether oxygens (including phenoxy) is 1. The highest BCUT2D eigenvalue weighted by Gasteiger charge is 2.34. The van der Waals surface area contributed by atoms with E-state index in [-0.39, 0.29) is 23.3 Å². The SMILES string of the molecule is O=C(COC(=O)C1CCCN(S(=O)(=O)c2cccs2)C1)NCc1cccs1. The lowest BCUT2D eigenvalue weighted by molar-refractivity contribution is -0.153. The normalized spacial score (nSPS) is 18.1. The molecule has 1 aliphatic rings. The monoisotopic (exact) mass is 428 g/mol. The molecule has 146 valence electrons. The third-order valence-electron chi connectivity index (χ3n) is 4.19. The van der Waals surface area contributed by atoms with E-state index in [0.717, 1.165) is 16.2 Å². The fourth-order valence-corrected chi connectivity index (χ4v) is 6.11. The molecule has 1 atom stereocenters. The number of hydrogen-bond donors (Lipinski definition) is 1. The van der Waals surface area contributed by atoms with E-state index in [2.05, 4.69) is 5.32 Å². The molecule has 0 aromatic carbocycles. The third-order valence-corrected chi connectivity index (χ3v) is 8.31. The number of carbonyl (C=O) groups excluding carboxylic acids is 2. The Balaban J connectivity index is 1.49. The molecule has 3 heterocycles. The number of sulfonamides is 1. The number of thiophene rings is 2. The minimum absolute atomic E-state index is 0.0792. The first-order chi connectivity index (χ1) is 13.0. The standard InChI is InChI=1S/C17H20N2O5S3/c20-15(18-10-14-5-2-8-25-14)12-24-17(21)13-4-1-7-19(11-13)27(22,23)16-6-3-9-26-16/h2-3,5-6,8-9,13H,1,4,7,10-12H2,(H,18,20). The summed E-state index contributed by atoms with van der Waals surface area (Å²) in [6.45, 7) is 0.490. The Bertz CT molecular complexity index is 863. The molecule has 1 amide bonds. The first kappa shape index (κ1) is 20.0. The van der Waals surface area contributed by atoms with Crippen LogP contribution in [-0.4, -0.2) is 44.3 Å².